The maximum Gasteiger partial charge on any atom is 0.300 e. The lowest BCUT2D eigenvalue weighted by molar-refractivity contribution is -0.111. The van der Waals surface area contributed by atoms with Crippen LogP contribution >= 0.6 is 0 Å². The van der Waals surface area contributed by atoms with E-state index in [4.69, 9.17) is 9.47 Å². The van der Waals surface area contributed by atoms with Crippen LogP contribution in [0.5, 0.6) is 17.2 Å². The Hall–Kier alpha value is -5.21. The molecular formula is C30H30N8O3. The lowest BCUT2D eigenvalue weighted by Gasteiger charge is -2.16. The Morgan fingerprint density at radius 2 is 1.93 bits per heavy atom. The third-order valence-corrected chi connectivity index (χ3v) is 6.15. The van der Waals surface area contributed by atoms with E-state index < -0.39 is 5.91 Å². The zero-order chi connectivity index (χ0) is 28.8. The Kier molecular flexibility index (Phi) is 8.22. The number of benzene rings is 2. The van der Waals surface area contributed by atoms with Crippen LogP contribution in [0.3, 0.4) is 0 Å². The highest BCUT2D eigenvalue weighted by atomic mass is 16.5. The van der Waals surface area contributed by atoms with Crippen LogP contribution in [0, 0.1) is 18.8 Å². The average Bonchev–Trinajstić information content (AvgIpc) is 3.41. The van der Waals surface area contributed by atoms with Crippen molar-refractivity contribution in [3.63, 3.8) is 0 Å². The zero-order valence-electron chi connectivity index (χ0n) is 23.3. The third kappa shape index (κ3) is 6.69. The number of amides is 1. The van der Waals surface area contributed by atoms with Crippen molar-refractivity contribution in [2.24, 2.45) is 0 Å². The number of carbonyl (C=O) groups is 1. The average molecular weight is 551 g/mol. The molecule has 3 aromatic heterocycles. The number of nitrogens with zero attached hydrogens (tertiary/aromatic N) is 6. The quantitative estimate of drug-likeness (QED) is 0.187. The van der Waals surface area contributed by atoms with Gasteiger partial charge in [0.15, 0.2) is 5.65 Å². The lowest BCUT2D eigenvalue weighted by atomic mass is 10.1. The van der Waals surface area contributed by atoms with Gasteiger partial charge in [0.05, 0.1) is 17.8 Å². The molecule has 0 aliphatic rings. The standard InChI is InChI=1S/C30H30N8O3/c1-5-7-29(39)36-25-16-23-24(17-27(25)40-13-6-11-37(3)4)31-18-33-30(23)35-21-8-9-26(20(2)14-21)41-22-10-12-38-28(15-22)32-19-34-38/h8-10,12,14-19H,6,11,13H2,1-4H3,(H,36,39)(H,31,33,35). The van der Waals surface area contributed by atoms with Gasteiger partial charge in [-0.15, -0.1) is 0 Å². The van der Waals surface area contributed by atoms with E-state index in [0.717, 1.165) is 24.2 Å². The fourth-order valence-corrected chi connectivity index (χ4v) is 4.20. The topological polar surface area (TPSA) is 119 Å². The molecule has 41 heavy (non-hydrogen) atoms. The highest BCUT2D eigenvalue weighted by molar-refractivity contribution is 6.06. The van der Waals surface area contributed by atoms with E-state index in [9.17, 15) is 4.79 Å². The molecule has 0 saturated heterocycles. The van der Waals surface area contributed by atoms with Gasteiger partial charge >= 0.3 is 0 Å². The van der Waals surface area contributed by atoms with Gasteiger partial charge in [-0.2, -0.15) is 5.10 Å². The first-order valence-corrected chi connectivity index (χ1v) is 13.0. The number of aryl methyl sites for hydroxylation is 1. The molecule has 0 saturated carbocycles. The van der Waals surface area contributed by atoms with E-state index >= 15 is 0 Å². The van der Waals surface area contributed by atoms with E-state index in [2.05, 4.69) is 47.4 Å². The van der Waals surface area contributed by atoms with Crippen molar-refractivity contribution in [1.82, 2.24) is 29.5 Å². The van der Waals surface area contributed by atoms with Crippen molar-refractivity contribution >= 4 is 39.6 Å². The van der Waals surface area contributed by atoms with Crippen molar-refractivity contribution < 1.29 is 14.3 Å². The molecule has 0 unspecified atom stereocenters. The number of hydrogen-bond acceptors (Lipinski definition) is 9. The van der Waals surface area contributed by atoms with Crippen LogP contribution < -0.4 is 20.1 Å². The van der Waals surface area contributed by atoms with Gasteiger partial charge in [0.2, 0.25) is 0 Å². The van der Waals surface area contributed by atoms with E-state index in [1.54, 1.807) is 29.8 Å². The maximum absolute atomic E-state index is 12.3. The van der Waals surface area contributed by atoms with Gasteiger partial charge < -0.3 is 25.0 Å². The summed E-state index contributed by atoms with van der Waals surface area (Å²) in [5.41, 5.74) is 3.61. The van der Waals surface area contributed by atoms with Crippen molar-refractivity contribution in [1.29, 1.82) is 0 Å². The molecule has 0 aliphatic carbocycles. The van der Waals surface area contributed by atoms with Crippen LogP contribution in [-0.4, -0.2) is 62.6 Å². The molecule has 2 aromatic carbocycles. The van der Waals surface area contributed by atoms with E-state index in [1.807, 2.05) is 51.4 Å². The monoisotopic (exact) mass is 550 g/mol. The zero-order valence-corrected chi connectivity index (χ0v) is 23.3. The first-order valence-electron chi connectivity index (χ1n) is 13.0. The molecule has 3 heterocycles. The Morgan fingerprint density at radius 3 is 2.73 bits per heavy atom. The van der Waals surface area contributed by atoms with Crippen LogP contribution in [0.25, 0.3) is 16.6 Å². The van der Waals surface area contributed by atoms with E-state index in [0.29, 0.717) is 51.9 Å². The normalized spacial score (nSPS) is 10.9. The van der Waals surface area contributed by atoms with Crippen molar-refractivity contribution in [3.05, 3.63) is 66.9 Å². The minimum atomic E-state index is -0.425. The number of nitrogens with one attached hydrogen (secondary N) is 2. The molecule has 1 amide bonds. The SMILES string of the molecule is CC#CC(=O)Nc1cc2c(Nc3ccc(Oc4ccn5ncnc5c4)c(C)c3)ncnc2cc1OCCCN(C)C. The molecule has 0 spiro atoms. The molecular weight excluding hydrogens is 520 g/mol. The fraction of sp³-hybridized carbons (Fsp3) is 0.233. The van der Waals surface area contributed by atoms with Crippen molar-refractivity contribution in [2.75, 3.05) is 37.9 Å². The summed E-state index contributed by atoms with van der Waals surface area (Å²) in [7, 11) is 4.02. The van der Waals surface area contributed by atoms with Crippen molar-refractivity contribution in [2.45, 2.75) is 20.3 Å². The van der Waals surface area contributed by atoms with Gasteiger partial charge in [-0.1, -0.05) is 5.92 Å². The molecule has 0 aliphatic heterocycles. The molecule has 11 nitrogen and oxygen atoms in total. The van der Waals surface area contributed by atoms with Crippen molar-refractivity contribution in [3.8, 4) is 29.1 Å². The second kappa shape index (κ2) is 12.3. The van der Waals surface area contributed by atoms with Gasteiger partial charge in [-0.3, -0.25) is 4.79 Å². The van der Waals surface area contributed by atoms with Gasteiger partial charge in [0, 0.05) is 35.9 Å². The summed E-state index contributed by atoms with van der Waals surface area (Å²) in [4.78, 5) is 27.5. The van der Waals surface area contributed by atoms with Crippen LogP contribution in [0.4, 0.5) is 17.2 Å². The molecule has 5 aromatic rings. The third-order valence-electron chi connectivity index (χ3n) is 6.15. The summed E-state index contributed by atoms with van der Waals surface area (Å²) in [6, 6.07) is 13.1. The molecule has 5 rings (SSSR count). The summed E-state index contributed by atoms with van der Waals surface area (Å²) in [5, 5.41) is 11.0. The largest absolute Gasteiger partial charge is 0.491 e. The Balaban J connectivity index is 1.39. The summed E-state index contributed by atoms with van der Waals surface area (Å²) in [5.74, 6) is 7.19. The number of rotatable bonds is 10. The lowest BCUT2D eigenvalue weighted by Crippen LogP contribution is -2.16. The number of aromatic nitrogens is 5. The first-order chi connectivity index (χ1) is 19.9. The summed E-state index contributed by atoms with van der Waals surface area (Å²) < 4.78 is 13.8. The van der Waals surface area contributed by atoms with Crippen LogP contribution in [0.15, 0.2) is 61.3 Å². The Bertz CT molecular complexity index is 1770. The minimum Gasteiger partial charge on any atom is -0.491 e. The molecule has 208 valence electrons. The van der Waals surface area contributed by atoms with Gasteiger partial charge in [0.25, 0.3) is 5.91 Å². The Labute approximate surface area is 237 Å². The van der Waals surface area contributed by atoms with E-state index in [-0.39, 0.29) is 0 Å². The number of carbonyl (C=O) groups excluding carboxylic acids is 1. The molecule has 0 radical (unpaired) electrons. The summed E-state index contributed by atoms with van der Waals surface area (Å²) >= 11 is 0. The van der Waals surface area contributed by atoms with E-state index in [1.165, 1.54) is 12.7 Å². The molecule has 2 N–H and O–H groups in total. The molecule has 0 bridgehead atoms. The second-order valence-electron chi connectivity index (χ2n) is 9.55. The molecule has 0 atom stereocenters. The summed E-state index contributed by atoms with van der Waals surface area (Å²) in [6.45, 7) is 4.95. The molecule has 0 fully saturated rings. The number of ether oxygens (including phenoxy) is 2. The second-order valence-corrected chi connectivity index (χ2v) is 9.55. The Morgan fingerprint density at radius 1 is 1.05 bits per heavy atom. The number of fused-ring (bicyclic) bond motifs is 2. The number of hydrogen-bond donors (Lipinski definition) is 2. The first kappa shape index (κ1) is 27.4. The van der Waals surface area contributed by atoms with Crippen LogP contribution in [0.2, 0.25) is 0 Å². The highest BCUT2D eigenvalue weighted by Gasteiger charge is 2.14. The van der Waals surface area contributed by atoms with Crippen LogP contribution in [0.1, 0.15) is 18.9 Å². The van der Waals surface area contributed by atoms with Crippen LogP contribution in [-0.2, 0) is 4.79 Å². The summed E-state index contributed by atoms with van der Waals surface area (Å²) in [6.07, 6.45) is 5.62. The molecule has 11 heteroatoms. The van der Waals surface area contributed by atoms with Gasteiger partial charge in [-0.25, -0.2) is 19.5 Å². The predicted molar refractivity (Wildman–Crippen MR) is 158 cm³/mol. The smallest absolute Gasteiger partial charge is 0.300 e. The van der Waals surface area contributed by atoms with Gasteiger partial charge in [0.1, 0.15) is 35.7 Å². The fourth-order valence-electron chi connectivity index (χ4n) is 4.20. The van der Waals surface area contributed by atoms with Gasteiger partial charge in [-0.05, 0) is 76.2 Å². The minimum absolute atomic E-state index is 0.425. The maximum atomic E-state index is 12.3. The highest BCUT2D eigenvalue weighted by Crippen LogP contribution is 2.34. The number of anilines is 3. The number of pyridine rings is 1. The predicted octanol–water partition coefficient (Wildman–Crippen LogP) is 4.81.